The number of hydrogen-bond acceptors (Lipinski definition) is 2. The third-order valence-electron chi connectivity index (χ3n) is 2.79. The highest BCUT2D eigenvalue weighted by Gasteiger charge is 2.21. The minimum Gasteiger partial charge on any atom is -0.323 e. The number of rotatable bonds is 3. The van der Waals surface area contributed by atoms with Gasteiger partial charge in [-0.3, -0.25) is 4.79 Å². The maximum Gasteiger partial charge on any atom is 0.246 e. The molecule has 0 bridgehead atoms. The fourth-order valence-electron chi connectivity index (χ4n) is 1.75. The molecule has 1 unspecified atom stereocenters. The smallest absolute Gasteiger partial charge is 0.246 e. The van der Waals surface area contributed by atoms with Crippen molar-refractivity contribution in [3.8, 4) is 6.07 Å². The van der Waals surface area contributed by atoms with Crippen molar-refractivity contribution in [3.63, 3.8) is 0 Å². The summed E-state index contributed by atoms with van der Waals surface area (Å²) in [6.45, 7) is 0. The van der Waals surface area contributed by atoms with Crippen molar-refractivity contribution in [2.24, 2.45) is 0 Å². The van der Waals surface area contributed by atoms with E-state index >= 15 is 0 Å². The summed E-state index contributed by atoms with van der Waals surface area (Å²) < 4.78 is 0. The maximum absolute atomic E-state index is 12.2. The molecule has 0 aliphatic rings. The van der Waals surface area contributed by atoms with E-state index in [1.165, 1.54) is 12.1 Å². The van der Waals surface area contributed by atoms with Crippen LogP contribution in [-0.2, 0) is 4.79 Å². The predicted octanol–water partition coefficient (Wildman–Crippen LogP) is 4.89. The molecule has 1 N–H and O–H groups in total. The predicted molar refractivity (Wildman–Crippen MR) is 84.9 cm³/mol. The van der Waals surface area contributed by atoms with Gasteiger partial charge in [-0.05, 0) is 17.7 Å². The van der Waals surface area contributed by atoms with Crippen LogP contribution in [0.1, 0.15) is 11.5 Å². The van der Waals surface area contributed by atoms with Gasteiger partial charge in [-0.2, -0.15) is 5.26 Å². The Morgan fingerprint density at radius 3 is 2.29 bits per heavy atom. The van der Waals surface area contributed by atoms with E-state index < -0.39 is 11.8 Å². The van der Waals surface area contributed by atoms with Gasteiger partial charge in [0.1, 0.15) is 0 Å². The summed E-state index contributed by atoms with van der Waals surface area (Å²) >= 11 is 17.7. The van der Waals surface area contributed by atoms with Gasteiger partial charge < -0.3 is 5.32 Å². The van der Waals surface area contributed by atoms with Crippen molar-refractivity contribution >= 4 is 46.4 Å². The largest absolute Gasteiger partial charge is 0.323 e. The second-order valence-electron chi connectivity index (χ2n) is 4.21. The quantitative estimate of drug-likeness (QED) is 0.809. The molecular formula is C15H9Cl3N2O. The lowest BCUT2D eigenvalue weighted by Crippen LogP contribution is -2.20. The van der Waals surface area contributed by atoms with Crippen LogP contribution in [0.25, 0.3) is 0 Å². The van der Waals surface area contributed by atoms with Crippen LogP contribution in [0.5, 0.6) is 0 Å². The molecule has 0 spiro atoms. The molecule has 21 heavy (non-hydrogen) atoms. The highest BCUT2D eigenvalue weighted by Crippen LogP contribution is 2.32. The Morgan fingerprint density at radius 2 is 1.67 bits per heavy atom. The average Bonchev–Trinajstić information content (AvgIpc) is 2.46. The van der Waals surface area contributed by atoms with Crippen LogP contribution in [0.15, 0.2) is 42.5 Å². The van der Waals surface area contributed by atoms with Gasteiger partial charge in [-0.25, -0.2) is 0 Å². The summed E-state index contributed by atoms with van der Waals surface area (Å²) in [4.78, 5) is 12.2. The SMILES string of the molecule is N#CC(C(=O)Nc1cc(Cl)c(Cl)cc1Cl)c1ccccc1. The van der Waals surface area contributed by atoms with Gasteiger partial charge in [0.2, 0.25) is 5.91 Å². The van der Waals surface area contributed by atoms with Gasteiger partial charge in [0.15, 0.2) is 5.92 Å². The lowest BCUT2D eigenvalue weighted by Gasteiger charge is -2.12. The zero-order valence-electron chi connectivity index (χ0n) is 10.6. The molecule has 2 aromatic rings. The van der Waals surface area contributed by atoms with Crippen LogP contribution in [0, 0.1) is 11.3 Å². The molecular weight excluding hydrogens is 331 g/mol. The fraction of sp³-hybridized carbons (Fsp3) is 0.0667. The van der Waals surface area contributed by atoms with E-state index in [0.29, 0.717) is 16.3 Å². The lowest BCUT2D eigenvalue weighted by atomic mass is 10.00. The Balaban J connectivity index is 2.25. The molecule has 1 atom stereocenters. The van der Waals surface area contributed by atoms with Crippen molar-refractivity contribution in [3.05, 3.63) is 63.1 Å². The first-order valence-corrected chi connectivity index (χ1v) is 7.06. The zero-order chi connectivity index (χ0) is 15.4. The van der Waals surface area contributed by atoms with Gasteiger partial charge in [0.25, 0.3) is 0 Å². The van der Waals surface area contributed by atoms with E-state index in [4.69, 9.17) is 34.8 Å². The van der Waals surface area contributed by atoms with Crippen molar-refractivity contribution in [1.29, 1.82) is 5.26 Å². The lowest BCUT2D eigenvalue weighted by molar-refractivity contribution is -0.116. The molecule has 106 valence electrons. The molecule has 0 heterocycles. The molecule has 6 heteroatoms. The standard InChI is InChI=1S/C15H9Cl3N2O/c16-11-6-13(18)14(7-12(11)17)20-15(21)10(8-19)9-4-2-1-3-5-9/h1-7,10H,(H,20,21). The summed E-state index contributed by atoms with van der Waals surface area (Å²) in [5.41, 5.74) is 0.918. The summed E-state index contributed by atoms with van der Waals surface area (Å²) in [6.07, 6.45) is 0. The minimum atomic E-state index is -0.934. The molecule has 1 amide bonds. The zero-order valence-corrected chi connectivity index (χ0v) is 12.9. The molecule has 0 aromatic heterocycles. The van der Waals surface area contributed by atoms with E-state index in [0.717, 1.165) is 0 Å². The molecule has 3 nitrogen and oxygen atoms in total. The minimum absolute atomic E-state index is 0.252. The summed E-state index contributed by atoms with van der Waals surface area (Å²) in [5, 5.41) is 12.6. The van der Waals surface area contributed by atoms with Gasteiger partial charge in [0.05, 0.1) is 26.8 Å². The number of carbonyl (C=O) groups is 1. The Morgan fingerprint density at radius 1 is 1.05 bits per heavy atom. The normalized spacial score (nSPS) is 11.5. The molecule has 0 radical (unpaired) electrons. The number of halogens is 3. The monoisotopic (exact) mass is 338 g/mol. The van der Waals surface area contributed by atoms with Crippen LogP contribution in [-0.4, -0.2) is 5.91 Å². The topological polar surface area (TPSA) is 52.9 Å². The van der Waals surface area contributed by atoms with E-state index in [9.17, 15) is 10.1 Å². The number of amides is 1. The molecule has 0 saturated heterocycles. The average molecular weight is 340 g/mol. The number of nitrogens with zero attached hydrogens (tertiary/aromatic N) is 1. The number of nitrogens with one attached hydrogen (secondary N) is 1. The van der Waals surface area contributed by atoms with Crippen LogP contribution < -0.4 is 5.32 Å². The summed E-state index contributed by atoms with van der Waals surface area (Å²) in [6, 6.07) is 13.6. The number of nitriles is 1. The Bertz CT molecular complexity index is 711. The van der Waals surface area contributed by atoms with E-state index in [2.05, 4.69) is 5.32 Å². The number of anilines is 1. The van der Waals surface area contributed by atoms with Gasteiger partial charge in [-0.15, -0.1) is 0 Å². The van der Waals surface area contributed by atoms with Crippen LogP contribution in [0.2, 0.25) is 15.1 Å². The number of hydrogen-bond donors (Lipinski definition) is 1. The molecule has 0 fully saturated rings. The van der Waals surface area contributed by atoms with Crippen molar-refractivity contribution in [1.82, 2.24) is 0 Å². The van der Waals surface area contributed by atoms with E-state index in [-0.39, 0.29) is 10.0 Å². The van der Waals surface area contributed by atoms with Crippen molar-refractivity contribution < 1.29 is 4.79 Å². The first-order chi connectivity index (χ1) is 10.0. The Kier molecular flexibility index (Phi) is 5.08. The second-order valence-corrected chi connectivity index (χ2v) is 5.43. The summed E-state index contributed by atoms with van der Waals surface area (Å²) in [7, 11) is 0. The highest BCUT2D eigenvalue weighted by molar-refractivity contribution is 6.44. The molecule has 2 aromatic carbocycles. The Hall–Kier alpha value is -1.73. The molecule has 0 saturated carbocycles. The van der Waals surface area contributed by atoms with Gasteiger partial charge >= 0.3 is 0 Å². The molecule has 0 aliphatic heterocycles. The van der Waals surface area contributed by atoms with Crippen molar-refractivity contribution in [2.45, 2.75) is 5.92 Å². The van der Waals surface area contributed by atoms with E-state index in [1.54, 1.807) is 24.3 Å². The van der Waals surface area contributed by atoms with Gasteiger partial charge in [-0.1, -0.05) is 65.1 Å². The fourth-order valence-corrected chi connectivity index (χ4v) is 2.35. The summed E-state index contributed by atoms with van der Waals surface area (Å²) in [5.74, 6) is -1.42. The van der Waals surface area contributed by atoms with Crippen molar-refractivity contribution in [2.75, 3.05) is 5.32 Å². The van der Waals surface area contributed by atoms with Crippen LogP contribution >= 0.6 is 34.8 Å². The number of benzene rings is 2. The van der Waals surface area contributed by atoms with Crippen LogP contribution in [0.4, 0.5) is 5.69 Å². The maximum atomic E-state index is 12.2. The first kappa shape index (κ1) is 15.7. The first-order valence-electron chi connectivity index (χ1n) is 5.93. The highest BCUT2D eigenvalue weighted by atomic mass is 35.5. The third kappa shape index (κ3) is 3.68. The Labute approximate surface area is 137 Å². The van der Waals surface area contributed by atoms with E-state index in [1.807, 2.05) is 12.1 Å². The number of carbonyl (C=O) groups excluding carboxylic acids is 1. The third-order valence-corrected chi connectivity index (χ3v) is 3.83. The molecule has 2 rings (SSSR count). The van der Waals surface area contributed by atoms with Gasteiger partial charge in [0, 0.05) is 0 Å². The molecule has 0 aliphatic carbocycles. The second kappa shape index (κ2) is 6.82. The van der Waals surface area contributed by atoms with Crippen LogP contribution in [0.3, 0.4) is 0 Å².